The summed E-state index contributed by atoms with van der Waals surface area (Å²) in [5, 5.41) is 6.24. The Morgan fingerprint density at radius 3 is 3.00 bits per heavy atom. The molecule has 0 radical (unpaired) electrons. The number of anilines is 1. The first kappa shape index (κ1) is 12.1. The van der Waals surface area contributed by atoms with Crippen molar-refractivity contribution in [2.75, 3.05) is 12.4 Å². The fourth-order valence-corrected chi connectivity index (χ4v) is 2.50. The topological polar surface area (TPSA) is 59.9 Å². The van der Waals surface area contributed by atoms with E-state index < -0.39 is 0 Å². The van der Waals surface area contributed by atoms with Crippen LogP contribution in [0.5, 0.6) is 11.6 Å². The van der Waals surface area contributed by atoms with Crippen LogP contribution in [0, 0.1) is 0 Å². The van der Waals surface area contributed by atoms with Crippen LogP contribution in [0.2, 0.25) is 5.02 Å². The minimum Gasteiger partial charge on any atom is -0.436 e. The molecule has 3 aromatic rings. The minimum atomic E-state index is 0.486. The maximum atomic E-state index is 5.88. The smallest absolute Gasteiger partial charge is 0.232 e. The summed E-state index contributed by atoms with van der Waals surface area (Å²) in [7, 11) is 1.76. The van der Waals surface area contributed by atoms with Gasteiger partial charge < -0.3 is 10.1 Å². The molecule has 3 heterocycles. The molecule has 3 aromatic heterocycles. The van der Waals surface area contributed by atoms with Gasteiger partial charge in [-0.15, -0.1) is 11.3 Å². The van der Waals surface area contributed by atoms with E-state index >= 15 is 0 Å². The summed E-state index contributed by atoms with van der Waals surface area (Å²) >= 11 is 7.41. The highest BCUT2D eigenvalue weighted by Crippen LogP contribution is 2.31. The number of halogens is 1. The number of fused-ring (bicyclic) bond motifs is 1. The van der Waals surface area contributed by atoms with Crippen molar-refractivity contribution in [2.45, 2.75) is 0 Å². The number of thiophene rings is 1. The Hall–Kier alpha value is -1.92. The van der Waals surface area contributed by atoms with Gasteiger partial charge in [0.15, 0.2) is 0 Å². The van der Waals surface area contributed by atoms with Crippen LogP contribution < -0.4 is 10.1 Å². The van der Waals surface area contributed by atoms with Crippen LogP contribution in [0.1, 0.15) is 0 Å². The zero-order chi connectivity index (χ0) is 13.2. The average molecular weight is 293 g/mol. The van der Waals surface area contributed by atoms with Crippen molar-refractivity contribution in [3.05, 3.63) is 34.9 Å². The van der Waals surface area contributed by atoms with Crippen LogP contribution in [0.4, 0.5) is 5.95 Å². The highest BCUT2D eigenvalue weighted by molar-refractivity contribution is 7.16. The van der Waals surface area contributed by atoms with Crippen LogP contribution in [0.25, 0.3) is 10.2 Å². The van der Waals surface area contributed by atoms with Gasteiger partial charge in [-0.1, -0.05) is 11.6 Å². The molecule has 3 rings (SSSR count). The number of ether oxygens (including phenoxy) is 1. The Morgan fingerprint density at radius 1 is 1.32 bits per heavy atom. The standard InChI is InChI=1S/C12H9ClN4OS/c1-14-12-16-10(9-2-3-19-11(9)17-12)18-8-4-7(13)5-15-6-8/h2-6H,1H3,(H,14,16,17). The van der Waals surface area contributed by atoms with Crippen LogP contribution in [0.15, 0.2) is 29.9 Å². The lowest BCUT2D eigenvalue weighted by Gasteiger charge is -2.07. The number of aromatic nitrogens is 3. The minimum absolute atomic E-state index is 0.486. The summed E-state index contributed by atoms with van der Waals surface area (Å²) < 4.78 is 5.74. The van der Waals surface area contributed by atoms with Crippen LogP contribution >= 0.6 is 22.9 Å². The first-order valence-electron chi connectivity index (χ1n) is 5.47. The molecule has 0 aliphatic carbocycles. The summed E-state index contributed by atoms with van der Waals surface area (Å²) in [6.07, 6.45) is 3.14. The van der Waals surface area contributed by atoms with Crippen LogP contribution in [0.3, 0.4) is 0 Å². The molecule has 0 unspecified atom stereocenters. The van der Waals surface area contributed by atoms with E-state index in [1.54, 1.807) is 25.5 Å². The lowest BCUT2D eigenvalue weighted by atomic mass is 10.4. The van der Waals surface area contributed by atoms with Gasteiger partial charge in [0.05, 0.1) is 16.6 Å². The maximum Gasteiger partial charge on any atom is 0.232 e. The second-order valence-corrected chi connectivity index (χ2v) is 5.01. The lowest BCUT2D eigenvalue weighted by molar-refractivity contribution is 0.467. The van der Waals surface area contributed by atoms with E-state index in [0.29, 0.717) is 22.6 Å². The van der Waals surface area contributed by atoms with Gasteiger partial charge in [-0.05, 0) is 11.4 Å². The third kappa shape index (κ3) is 2.45. The van der Waals surface area contributed by atoms with E-state index in [1.807, 2.05) is 11.4 Å². The highest BCUT2D eigenvalue weighted by atomic mass is 35.5. The Kier molecular flexibility index (Phi) is 3.18. The van der Waals surface area contributed by atoms with Gasteiger partial charge in [0.25, 0.3) is 0 Å². The molecule has 0 atom stereocenters. The molecule has 0 fully saturated rings. The molecule has 7 heteroatoms. The first-order valence-corrected chi connectivity index (χ1v) is 6.73. The van der Waals surface area contributed by atoms with Crippen molar-refractivity contribution >= 4 is 39.1 Å². The van der Waals surface area contributed by atoms with Crippen molar-refractivity contribution in [3.8, 4) is 11.6 Å². The number of rotatable bonds is 3. The molecule has 0 bridgehead atoms. The molecule has 0 saturated carbocycles. The molecule has 0 aliphatic heterocycles. The predicted octanol–water partition coefficient (Wildman–Crippen LogP) is 3.57. The maximum absolute atomic E-state index is 5.88. The Labute approximate surface area is 118 Å². The van der Waals surface area contributed by atoms with Gasteiger partial charge in [0.1, 0.15) is 10.6 Å². The van der Waals surface area contributed by atoms with Crippen molar-refractivity contribution in [1.29, 1.82) is 0 Å². The number of hydrogen-bond donors (Lipinski definition) is 1. The number of nitrogens with one attached hydrogen (secondary N) is 1. The number of hydrogen-bond acceptors (Lipinski definition) is 6. The zero-order valence-corrected chi connectivity index (χ0v) is 11.5. The molecule has 0 saturated heterocycles. The Balaban J connectivity index is 2.06. The molecule has 96 valence electrons. The molecule has 0 spiro atoms. The van der Waals surface area contributed by atoms with Crippen LogP contribution in [-0.2, 0) is 0 Å². The monoisotopic (exact) mass is 292 g/mol. The summed E-state index contributed by atoms with van der Waals surface area (Å²) in [4.78, 5) is 13.5. The van der Waals surface area contributed by atoms with Gasteiger partial charge in [-0.3, -0.25) is 4.98 Å². The highest BCUT2D eigenvalue weighted by Gasteiger charge is 2.10. The molecular formula is C12H9ClN4OS. The fourth-order valence-electron chi connectivity index (χ4n) is 1.58. The van der Waals surface area contributed by atoms with E-state index in [-0.39, 0.29) is 0 Å². The van der Waals surface area contributed by atoms with Gasteiger partial charge in [-0.25, -0.2) is 4.98 Å². The van der Waals surface area contributed by atoms with Crippen molar-refractivity contribution in [2.24, 2.45) is 0 Å². The average Bonchev–Trinajstić information content (AvgIpc) is 2.87. The molecule has 0 amide bonds. The SMILES string of the molecule is CNc1nc(Oc2cncc(Cl)c2)c2ccsc2n1. The quantitative estimate of drug-likeness (QED) is 0.799. The predicted molar refractivity (Wildman–Crippen MR) is 76.3 cm³/mol. The Bertz CT molecular complexity index is 731. The second-order valence-electron chi connectivity index (χ2n) is 3.68. The van der Waals surface area contributed by atoms with Crippen molar-refractivity contribution in [3.63, 3.8) is 0 Å². The third-order valence-corrected chi connectivity index (χ3v) is 3.42. The van der Waals surface area contributed by atoms with Crippen LogP contribution in [-0.4, -0.2) is 22.0 Å². The van der Waals surface area contributed by atoms with Crippen molar-refractivity contribution < 1.29 is 4.74 Å². The Morgan fingerprint density at radius 2 is 2.21 bits per heavy atom. The van der Waals surface area contributed by atoms with E-state index in [2.05, 4.69) is 20.3 Å². The molecule has 5 nitrogen and oxygen atoms in total. The summed E-state index contributed by atoms with van der Waals surface area (Å²) in [6, 6.07) is 3.61. The summed E-state index contributed by atoms with van der Waals surface area (Å²) in [5.41, 5.74) is 0. The molecule has 19 heavy (non-hydrogen) atoms. The van der Waals surface area contributed by atoms with E-state index in [4.69, 9.17) is 16.3 Å². The van der Waals surface area contributed by atoms with Gasteiger partial charge in [-0.2, -0.15) is 4.98 Å². The number of pyridine rings is 1. The number of nitrogens with zero attached hydrogens (tertiary/aromatic N) is 3. The molecule has 1 N–H and O–H groups in total. The van der Waals surface area contributed by atoms with Gasteiger partial charge in [0, 0.05) is 19.3 Å². The lowest BCUT2D eigenvalue weighted by Crippen LogP contribution is -1.98. The van der Waals surface area contributed by atoms with E-state index in [1.165, 1.54) is 11.3 Å². The van der Waals surface area contributed by atoms with Gasteiger partial charge in [0.2, 0.25) is 11.8 Å². The van der Waals surface area contributed by atoms with Crippen molar-refractivity contribution in [1.82, 2.24) is 15.0 Å². The second kappa shape index (κ2) is 4.99. The first-order chi connectivity index (χ1) is 9.26. The molecule has 0 aliphatic rings. The normalized spacial score (nSPS) is 10.6. The summed E-state index contributed by atoms with van der Waals surface area (Å²) in [5.74, 6) is 1.54. The van der Waals surface area contributed by atoms with E-state index in [0.717, 1.165) is 10.2 Å². The fraction of sp³-hybridized carbons (Fsp3) is 0.0833. The van der Waals surface area contributed by atoms with Gasteiger partial charge >= 0.3 is 0 Å². The third-order valence-electron chi connectivity index (χ3n) is 2.41. The largest absolute Gasteiger partial charge is 0.436 e. The molecule has 0 aromatic carbocycles. The molecular weight excluding hydrogens is 284 g/mol. The zero-order valence-electron chi connectivity index (χ0n) is 9.92. The van der Waals surface area contributed by atoms with E-state index in [9.17, 15) is 0 Å². The summed E-state index contributed by atoms with van der Waals surface area (Å²) in [6.45, 7) is 0.